The highest BCUT2D eigenvalue weighted by Gasteiger charge is 2.26. The van der Waals surface area contributed by atoms with Gasteiger partial charge in [0.05, 0.1) is 25.7 Å². The van der Waals surface area contributed by atoms with Crippen LogP contribution in [0.1, 0.15) is 24.5 Å². The smallest absolute Gasteiger partial charge is 0.232 e. The molecule has 7 nitrogen and oxygen atoms in total. The van der Waals surface area contributed by atoms with Crippen LogP contribution in [0.15, 0.2) is 52.7 Å². The fraction of sp³-hybridized carbons (Fsp3) is 0.417. The Hall–Kier alpha value is -2.90. The van der Waals surface area contributed by atoms with Crippen LogP contribution in [0.25, 0.3) is 5.76 Å². The van der Waals surface area contributed by atoms with Crippen molar-refractivity contribution in [1.29, 1.82) is 0 Å². The van der Waals surface area contributed by atoms with E-state index in [0.717, 1.165) is 28.7 Å². The van der Waals surface area contributed by atoms with E-state index in [0.29, 0.717) is 37.9 Å². The number of rotatable bonds is 11. The second kappa shape index (κ2) is 12.7. The van der Waals surface area contributed by atoms with E-state index in [1.165, 1.54) is 6.20 Å². The maximum Gasteiger partial charge on any atom is 0.232 e. The van der Waals surface area contributed by atoms with Gasteiger partial charge in [-0.1, -0.05) is 19.1 Å². The summed E-state index contributed by atoms with van der Waals surface area (Å²) in [6.07, 6.45) is 8.09. The summed E-state index contributed by atoms with van der Waals surface area (Å²) >= 11 is 0. The normalized spacial score (nSPS) is 15.8. The molecule has 1 saturated heterocycles. The fourth-order valence-corrected chi connectivity index (χ4v) is 3.00. The molecule has 2 rings (SSSR count). The Morgan fingerprint density at radius 3 is 2.68 bits per heavy atom. The number of ether oxygens (including phenoxy) is 3. The monoisotopic (exact) mass is 427 g/mol. The number of hydrogen-bond acceptors (Lipinski definition) is 6. The molecule has 168 valence electrons. The summed E-state index contributed by atoms with van der Waals surface area (Å²) in [7, 11) is 3.34. The average Bonchev–Trinajstić information content (AvgIpc) is 2.71. The van der Waals surface area contributed by atoms with Crippen molar-refractivity contribution in [3.8, 4) is 0 Å². The lowest BCUT2D eigenvalue weighted by molar-refractivity contribution is -0.133. The highest BCUT2D eigenvalue weighted by molar-refractivity contribution is 5.94. The maximum atomic E-state index is 12.3. The van der Waals surface area contributed by atoms with Crippen molar-refractivity contribution in [2.75, 3.05) is 45.9 Å². The summed E-state index contributed by atoms with van der Waals surface area (Å²) in [5.74, 6) is 0.537. The second-order valence-corrected chi connectivity index (χ2v) is 7.18. The molecule has 0 aliphatic carbocycles. The van der Waals surface area contributed by atoms with E-state index < -0.39 is 0 Å². The van der Waals surface area contributed by atoms with Crippen LogP contribution in [0.4, 0.5) is 5.69 Å². The minimum absolute atomic E-state index is 0.0361. The van der Waals surface area contributed by atoms with E-state index >= 15 is 0 Å². The third-order valence-electron chi connectivity index (χ3n) is 4.82. The summed E-state index contributed by atoms with van der Waals surface area (Å²) < 4.78 is 16.4. The van der Waals surface area contributed by atoms with E-state index in [1.54, 1.807) is 20.4 Å². The van der Waals surface area contributed by atoms with Gasteiger partial charge in [-0.2, -0.15) is 0 Å². The van der Waals surface area contributed by atoms with Crippen molar-refractivity contribution in [2.45, 2.75) is 20.3 Å². The zero-order valence-corrected chi connectivity index (χ0v) is 18.8. The molecule has 0 aromatic heterocycles. The third-order valence-corrected chi connectivity index (χ3v) is 4.82. The molecule has 0 spiro atoms. The van der Waals surface area contributed by atoms with E-state index in [2.05, 4.69) is 23.3 Å². The van der Waals surface area contributed by atoms with E-state index in [1.807, 2.05) is 31.2 Å². The third kappa shape index (κ3) is 7.08. The van der Waals surface area contributed by atoms with Gasteiger partial charge in [0.25, 0.3) is 0 Å². The molecule has 1 aliphatic heterocycles. The van der Waals surface area contributed by atoms with Gasteiger partial charge in [-0.15, -0.1) is 0 Å². The summed E-state index contributed by atoms with van der Waals surface area (Å²) in [4.78, 5) is 16.4. The number of allylic oxidation sites excluding steroid dienone is 4. The Labute approximate surface area is 184 Å². The molecule has 0 unspecified atom stereocenters. The van der Waals surface area contributed by atoms with Crippen LogP contribution >= 0.6 is 0 Å². The minimum Gasteiger partial charge on any atom is -0.491 e. The number of aliphatic imine (C=N–C) groups is 1. The molecule has 1 aliphatic rings. The number of amides is 1. The van der Waals surface area contributed by atoms with Crippen LogP contribution in [0.3, 0.4) is 0 Å². The molecule has 1 aromatic carbocycles. The summed E-state index contributed by atoms with van der Waals surface area (Å²) in [6.45, 7) is 5.84. The first-order valence-corrected chi connectivity index (χ1v) is 10.4. The largest absolute Gasteiger partial charge is 0.491 e. The van der Waals surface area contributed by atoms with Gasteiger partial charge in [-0.3, -0.25) is 9.79 Å². The van der Waals surface area contributed by atoms with Crippen molar-refractivity contribution < 1.29 is 19.0 Å². The second-order valence-electron chi connectivity index (χ2n) is 7.18. The molecule has 3 N–H and O–H groups in total. The molecule has 1 amide bonds. The van der Waals surface area contributed by atoms with Crippen LogP contribution in [-0.4, -0.2) is 52.7 Å². The Balaban J connectivity index is 2.43. The number of anilines is 1. The summed E-state index contributed by atoms with van der Waals surface area (Å²) in [5.41, 5.74) is 10.2. The topological polar surface area (TPSA) is 95.2 Å². The van der Waals surface area contributed by atoms with E-state index in [4.69, 9.17) is 19.9 Å². The van der Waals surface area contributed by atoms with Gasteiger partial charge in [0, 0.05) is 43.4 Å². The van der Waals surface area contributed by atoms with Gasteiger partial charge in [0.1, 0.15) is 12.4 Å². The molecule has 0 saturated carbocycles. The van der Waals surface area contributed by atoms with Crippen molar-refractivity contribution in [2.24, 2.45) is 16.6 Å². The number of aryl methyl sites for hydroxylation is 1. The quantitative estimate of drug-likeness (QED) is 0.244. The molecule has 1 heterocycles. The van der Waals surface area contributed by atoms with Gasteiger partial charge >= 0.3 is 0 Å². The Morgan fingerprint density at radius 1 is 1.32 bits per heavy atom. The summed E-state index contributed by atoms with van der Waals surface area (Å²) in [5, 5.41) is 2.97. The maximum absolute atomic E-state index is 12.3. The van der Waals surface area contributed by atoms with Gasteiger partial charge < -0.3 is 25.3 Å². The number of benzene rings is 1. The van der Waals surface area contributed by atoms with Crippen molar-refractivity contribution in [3.05, 3.63) is 58.8 Å². The number of carbonyl (C=O) groups excluding carboxylic acids is 1. The van der Waals surface area contributed by atoms with Crippen molar-refractivity contribution in [1.82, 2.24) is 0 Å². The van der Waals surface area contributed by atoms with Gasteiger partial charge in [-0.05, 0) is 42.7 Å². The SMILES string of the molecule is CC/C=C(/C=C(/OCCOC)c1cc(NC(=O)C2COC2)ccc1C)C(\C=NC)=C\N. The minimum atomic E-state index is -0.0950. The molecule has 0 atom stereocenters. The van der Waals surface area contributed by atoms with Crippen LogP contribution in [0.2, 0.25) is 0 Å². The molecular formula is C24H33N3O4. The molecule has 31 heavy (non-hydrogen) atoms. The van der Waals surface area contributed by atoms with Crippen molar-refractivity contribution >= 4 is 23.6 Å². The lowest BCUT2D eigenvalue weighted by Gasteiger charge is -2.25. The first-order valence-electron chi connectivity index (χ1n) is 10.4. The molecule has 1 aromatic rings. The predicted molar refractivity (Wildman–Crippen MR) is 125 cm³/mol. The average molecular weight is 428 g/mol. The van der Waals surface area contributed by atoms with Crippen LogP contribution in [0, 0.1) is 12.8 Å². The van der Waals surface area contributed by atoms with Gasteiger partial charge in [-0.25, -0.2) is 0 Å². The Morgan fingerprint density at radius 2 is 2.10 bits per heavy atom. The zero-order chi connectivity index (χ0) is 22.6. The Bertz CT molecular complexity index is 868. The summed E-state index contributed by atoms with van der Waals surface area (Å²) in [6, 6.07) is 5.78. The highest BCUT2D eigenvalue weighted by atomic mass is 16.5. The molecule has 0 radical (unpaired) electrons. The van der Waals surface area contributed by atoms with E-state index in [9.17, 15) is 4.79 Å². The molecule has 1 fully saturated rings. The molecule has 7 heteroatoms. The first-order chi connectivity index (χ1) is 15.0. The number of nitrogens with one attached hydrogen (secondary N) is 1. The number of carbonyl (C=O) groups is 1. The molecule has 0 bridgehead atoms. The molecular weight excluding hydrogens is 394 g/mol. The Kier molecular flexibility index (Phi) is 10.00. The number of methoxy groups -OCH3 is 1. The zero-order valence-electron chi connectivity index (χ0n) is 18.8. The lowest BCUT2D eigenvalue weighted by atomic mass is 10.0. The van der Waals surface area contributed by atoms with Crippen LogP contribution < -0.4 is 11.1 Å². The van der Waals surface area contributed by atoms with Crippen molar-refractivity contribution in [3.63, 3.8) is 0 Å². The van der Waals surface area contributed by atoms with Gasteiger partial charge in [0.2, 0.25) is 5.91 Å². The first kappa shape index (κ1) is 24.4. The fourth-order valence-electron chi connectivity index (χ4n) is 3.00. The number of nitrogens with two attached hydrogens (primary N) is 1. The van der Waals surface area contributed by atoms with Gasteiger partial charge in [0.15, 0.2) is 0 Å². The van der Waals surface area contributed by atoms with Crippen LogP contribution in [-0.2, 0) is 19.0 Å². The standard InChI is InChI=1S/C24H33N3O4/c1-5-6-18(19(13-25)14-26-3)11-23(31-10-9-29-4)22-12-21(8-7-17(22)2)27-24(28)20-15-30-16-20/h6-8,11-14,20H,5,9-10,15-16,25H2,1-4H3,(H,27,28)/b18-6-,19-13+,23-11+,26-14?. The number of hydrogen-bond donors (Lipinski definition) is 2. The number of nitrogens with zero attached hydrogens (tertiary/aromatic N) is 1. The van der Waals surface area contributed by atoms with E-state index in [-0.39, 0.29) is 11.8 Å². The predicted octanol–water partition coefficient (Wildman–Crippen LogP) is 3.46. The highest BCUT2D eigenvalue weighted by Crippen LogP contribution is 2.27. The lowest BCUT2D eigenvalue weighted by Crippen LogP contribution is -2.38. The van der Waals surface area contributed by atoms with Crippen LogP contribution in [0.5, 0.6) is 0 Å².